The van der Waals surface area contributed by atoms with Gasteiger partial charge in [0.15, 0.2) is 5.60 Å². The Labute approximate surface area is 154 Å². The molecule has 2 rings (SSSR count). The molecule has 0 aliphatic heterocycles. The van der Waals surface area contributed by atoms with Gasteiger partial charge in [-0.2, -0.15) is 0 Å². The lowest BCUT2D eigenvalue weighted by Crippen LogP contribution is -2.47. The Morgan fingerprint density at radius 1 is 1.12 bits per heavy atom. The number of carbonyl (C=O) groups is 1. The van der Waals surface area contributed by atoms with Crippen LogP contribution in [0.2, 0.25) is 5.02 Å². The zero-order valence-corrected chi connectivity index (χ0v) is 15.8. The molecular formula is C20H24ClNO3. The van der Waals surface area contributed by atoms with Gasteiger partial charge in [-0.1, -0.05) is 29.8 Å². The summed E-state index contributed by atoms with van der Waals surface area (Å²) in [6, 6.07) is 14.7. The monoisotopic (exact) mass is 361 g/mol. The Kier molecular flexibility index (Phi) is 6.32. The van der Waals surface area contributed by atoms with Gasteiger partial charge in [0, 0.05) is 24.2 Å². The van der Waals surface area contributed by atoms with E-state index < -0.39 is 5.60 Å². The minimum Gasteiger partial charge on any atom is -0.494 e. The van der Waals surface area contributed by atoms with Gasteiger partial charge in [0.1, 0.15) is 11.5 Å². The van der Waals surface area contributed by atoms with Crippen LogP contribution in [-0.2, 0) is 11.3 Å². The molecule has 0 unspecified atom stereocenters. The number of hydrogen-bond acceptors (Lipinski definition) is 3. The molecule has 2 aromatic rings. The molecule has 0 radical (unpaired) electrons. The maximum atomic E-state index is 12.8. The predicted molar refractivity (Wildman–Crippen MR) is 100 cm³/mol. The number of halogens is 1. The normalized spacial score (nSPS) is 11.1. The second-order valence-corrected chi connectivity index (χ2v) is 6.70. The molecule has 1 amide bonds. The van der Waals surface area contributed by atoms with E-state index in [-0.39, 0.29) is 5.91 Å². The summed E-state index contributed by atoms with van der Waals surface area (Å²) in [5.41, 5.74) is -0.0362. The number of amides is 1. The van der Waals surface area contributed by atoms with Gasteiger partial charge in [-0.3, -0.25) is 4.79 Å². The summed E-state index contributed by atoms with van der Waals surface area (Å²) in [7, 11) is 1.76. The molecule has 2 aromatic carbocycles. The third-order valence-corrected chi connectivity index (χ3v) is 3.98. The van der Waals surface area contributed by atoms with E-state index in [0.29, 0.717) is 23.9 Å². The van der Waals surface area contributed by atoms with E-state index in [1.807, 2.05) is 31.2 Å². The largest absolute Gasteiger partial charge is 0.494 e. The van der Waals surface area contributed by atoms with Crippen LogP contribution in [-0.4, -0.2) is 30.1 Å². The number of hydrogen-bond donors (Lipinski definition) is 0. The fourth-order valence-corrected chi connectivity index (χ4v) is 2.68. The second-order valence-electron chi connectivity index (χ2n) is 6.27. The molecule has 0 spiro atoms. The summed E-state index contributed by atoms with van der Waals surface area (Å²) >= 11 is 5.88. The first kappa shape index (κ1) is 19.1. The molecule has 0 heterocycles. The van der Waals surface area contributed by atoms with Crippen molar-refractivity contribution < 1.29 is 14.3 Å². The summed E-state index contributed by atoms with van der Waals surface area (Å²) in [5.74, 6) is 1.28. The van der Waals surface area contributed by atoms with Gasteiger partial charge < -0.3 is 14.4 Å². The van der Waals surface area contributed by atoms with Crippen molar-refractivity contribution in [1.82, 2.24) is 4.90 Å². The van der Waals surface area contributed by atoms with Crippen molar-refractivity contribution in [2.24, 2.45) is 0 Å². The smallest absolute Gasteiger partial charge is 0.266 e. The molecule has 4 nitrogen and oxygen atoms in total. The zero-order valence-electron chi connectivity index (χ0n) is 15.1. The lowest BCUT2D eigenvalue weighted by atomic mass is 10.1. The fraction of sp³-hybridized carbons (Fsp3) is 0.350. The average Bonchev–Trinajstić information content (AvgIpc) is 2.58. The lowest BCUT2D eigenvalue weighted by Gasteiger charge is -2.30. The number of nitrogens with zero attached hydrogens (tertiary/aromatic N) is 1. The average molecular weight is 362 g/mol. The van der Waals surface area contributed by atoms with E-state index >= 15 is 0 Å². The molecule has 5 heteroatoms. The molecule has 0 N–H and O–H groups in total. The maximum Gasteiger partial charge on any atom is 0.266 e. The quantitative estimate of drug-likeness (QED) is 0.726. The number of likely N-dealkylation sites (N-methyl/N-ethyl adjacent to an activating group) is 1. The van der Waals surface area contributed by atoms with Gasteiger partial charge in [0.2, 0.25) is 0 Å². The first-order valence-corrected chi connectivity index (χ1v) is 8.62. The van der Waals surface area contributed by atoms with Crippen molar-refractivity contribution in [2.75, 3.05) is 13.7 Å². The van der Waals surface area contributed by atoms with Crippen molar-refractivity contribution >= 4 is 17.5 Å². The van der Waals surface area contributed by atoms with Crippen LogP contribution in [0.1, 0.15) is 26.3 Å². The SMILES string of the molecule is CCOc1ccccc1CN(C)C(=O)C(C)(C)Oc1ccc(Cl)cc1. The van der Waals surface area contributed by atoms with Crippen molar-refractivity contribution in [2.45, 2.75) is 32.9 Å². The third kappa shape index (κ3) is 5.13. The minimum atomic E-state index is -0.997. The van der Waals surface area contributed by atoms with Crippen molar-refractivity contribution in [3.8, 4) is 11.5 Å². The molecule has 25 heavy (non-hydrogen) atoms. The Morgan fingerprint density at radius 3 is 2.40 bits per heavy atom. The van der Waals surface area contributed by atoms with Gasteiger partial charge in [0.05, 0.1) is 6.61 Å². The topological polar surface area (TPSA) is 38.8 Å². The standard InChI is InChI=1S/C20H24ClNO3/c1-5-24-18-9-7-6-8-15(18)14-22(4)19(23)20(2,3)25-17-12-10-16(21)11-13-17/h6-13H,5,14H2,1-4H3. The highest BCUT2D eigenvalue weighted by molar-refractivity contribution is 6.30. The lowest BCUT2D eigenvalue weighted by molar-refractivity contribution is -0.144. The van der Waals surface area contributed by atoms with E-state index in [1.165, 1.54) is 0 Å². The van der Waals surface area contributed by atoms with Crippen molar-refractivity contribution in [1.29, 1.82) is 0 Å². The highest BCUT2D eigenvalue weighted by Crippen LogP contribution is 2.24. The Balaban J connectivity index is 2.08. The molecule has 0 saturated carbocycles. The van der Waals surface area contributed by atoms with Crippen LogP contribution in [0, 0.1) is 0 Å². The highest BCUT2D eigenvalue weighted by atomic mass is 35.5. The summed E-state index contributed by atoms with van der Waals surface area (Å²) in [6.07, 6.45) is 0. The Bertz CT molecular complexity index is 713. The van der Waals surface area contributed by atoms with E-state index in [9.17, 15) is 4.79 Å². The molecule has 0 bridgehead atoms. The molecular weight excluding hydrogens is 338 g/mol. The van der Waals surface area contributed by atoms with Crippen LogP contribution in [0.25, 0.3) is 0 Å². The van der Waals surface area contributed by atoms with Crippen LogP contribution in [0.3, 0.4) is 0 Å². The van der Waals surface area contributed by atoms with Crippen LogP contribution in [0.5, 0.6) is 11.5 Å². The molecule has 0 saturated heterocycles. The van der Waals surface area contributed by atoms with Crippen molar-refractivity contribution in [3.63, 3.8) is 0 Å². The number of benzene rings is 2. The van der Waals surface area contributed by atoms with Crippen LogP contribution < -0.4 is 9.47 Å². The summed E-state index contributed by atoms with van der Waals surface area (Å²) in [5, 5.41) is 0.626. The van der Waals surface area contributed by atoms with Gasteiger partial charge in [0.25, 0.3) is 5.91 Å². The zero-order chi connectivity index (χ0) is 18.4. The molecule has 0 fully saturated rings. The summed E-state index contributed by atoms with van der Waals surface area (Å²) in [4.78, 5) is 14.5. The van der Waals surface area contributed by atoms with E-state index in [2.05, 4.69) is 0 Å². The fourth-order valence-electron chi connectivity index (χ4n) is 2.56. The molecule has 0 aliphatic carbocycles. The van der Waals surface area contributed by atoms with Gasteiger partial charge in [-0.05, 0) is 51.1 Å². The number of ether oxygens (including phenoxy) is 2. The number of carbonyl (C=O) groups excluding carboxylic acids is 1. The van der Waals surface area contributed by atoms with Gasteiger partial charge in [-0.25, -0.2) is 0 Å². The van der Waals surface area contributed by atoms with Crippen LogP contribution in [0.15, 0.2) is 48.5 Å². The number of rotatable bonds is 7. The van der Waals surface area contributed by atoms with Crippen molar-refractivity contribution in [3.05, 3.63) is 59.1 Å². The molecule has 0 aromatic heterocycles. The maximum absolute atomic E-state index is 12.8. The van der Waals surface area contributed by atoms with Gasteiger partial charge >= 0.3 is 0 Å². The molecule has 134 valence electrons. The van der Waals surface area contributed by atoms with E-state index in [4.69, 9.17) is 21.1 Å². The van der Waals surface area contributed by atoms with Crippen LogP contribution >= 0.6 is 11.6 Å². The summed E-state index contributed by atoms with van der Waals surface area (Å²) < 4.78 is 11.5. The highest BCUT2D eigenvalue weighted by Gasteiger charge is 2.33. The Morgan fingerprint density at radius 2 is 1.76 bits per heavy atom. The second kappa shape index (κ2) is 8.26. The first-order chi connectivity index (χ1) is 11.8. The third-order valence-electron chi connectivity index (χ3n) is 3.73. The van der Waals surface area contributed by atoms with Gasteiger partial charge in [-0.15, -0.1) is 0 Å². The van der Waals surface area contributed by atoms with Crippen LogP contribution in [0.4, 0.5) is 0 Å². The molecule has 0 aliphatic rings. The summed E-state index contributed by atoms with van der Waals surface area (Å²) in [6.45, 7) is 6.49. The molecule has 0 atom stereocenters. The van der Waals surface area contributed by atoms with E-state index in [0.717, 1.165) is 11.3 Å². The van der Waals surface area contributed by atoms with E-state index in [1.54, 1.807) is 50.1 Å². The minimum absolute atomic E-state index is 0.117. The first-order valence-electron chi connectivity index (χ1n) is 8.24. The number of para-hydroxylation sites is 1. The predicted octanol–water partition coefficient (Wildman–Crippen LogP) is 4.55. The Hall–Kier alpha value is -2.20.